The number of rotatable bonds is 1. The zero-order chi connectivity index (χ0) is 6.85. The summed E-state index contributed by atoms with van der Waals surface area (Å²) >= 11 is 0. The van der Waals surface area contributed by atoms with E-state index in [1.807, 2.05) is 0 Å². The van der Waals surface area contributed by atoms with E-state index in [4.69, 9.17) is 9.84 Å². The van der Waals surface area contributed by atoms with Gasteiger partial charge in [-0.05, 0) is 0 Å². The van der Waals surface area contributed by atoms with Crippen LogP contribution in [0.1, 0.15) is 0 Å². The molecule has 3 heteroatoms. The molecular weight excluding hydrogens is 120 g/mol. The Labute approximate surface area is 52.5 Å². The van der Waals surface area contributed by atoms with Crippen molar-refractivity contribution in [3.05, 3.63) is 29.8 Å². The lowest BCUT2D eigenvalue weighted by atomic mass is 10.5. The van der Waals surface area contributed by atoms with Crippen LogP contribution in [0.25, 0.3) is 0 Å². The zero-order valence-electron chi connectivity index (χ0n) is 4.97. The molecule has 0 amide bonds. The van der Waals surface area contributed by atoms with Crippen molar-refractivity contribution in [2.75, 3.05) is 7.11 Å². The van der Waals surface area contributed by atoms with Gasteiger partial charge >= 0.3 is 5.95 Å². The van der Waals surface area contributed by atoms with Gasteiger partial charge in [0.25, 0.3) is 0 Å². The first-order chi connectivity index (χ1) is 4.24. The summed E-state index contributed by atoms with van der Waals surface area (Å²) in [6, 6.07) is 0. The summed E-state index contributed by atoms with van der Waals surface area (Å²) in [4.78, 5) is 0. The second kappa shape index (κ2) is 1.88. The second-order valence-electron chi connectivity index (χ2n) is 1.49. The minimum absolute atomic E-state index is 0.287. The number of hydrogen-bond acceptors (Lipinski definition) is 3. The molecule has 0 saturated heterocycles. The lowest BCUT2D eigenvalue weighted by molar-refractivity contribution is 0.150. The smallest absolute Gasteiger partial charge is 0.334 e. The normalized spacial score (nSPS) is 16.3. The quantitative estimate of drug-likeness (QED) is 0.534. The Kier molecular flexibility index (Phi) is 1.21. The molecule has 48 valence electrons. The lowest BCUT2D eigenvalue weighted by Gasteiger charge is -1.98. The van der Waals surface area contributed by atoms with Crippen LogP contribution in [-0.4, -0.2) is 12.2 Å². The molecule has 9 heavy (non-hydrogen) atoms. The Bertz CT molecular complexity index is 208. The highest BCUT2D eigenvalue weighted by atomic mass is 16.6. The van der Waals surface area contributed by atoms with E-state index in [-0.39, 0.29) is 11.7 Å². The molecule has 0 spiro atoms. The SMILES string of the molecule is C=C1OC(O)=C=C1OC. The molecule has 0 atom stereocenters. The van der Waals surface area contributed by atoms with Crippen molar-refractivity contribution in [2.45, 2.75) is 0 Å². The second-order valence-corrected chi connectivity index (χ2v) is 1.49. The van der Waals surface area contributed by atoms with Crippen molar-refractivity contribution in [3.8, 4) is 0 Å². The van der Waals surface area contributed by atoms with Crippen molar-refractivity contribution in [1.29, 1.82) is 0 Å². The molecule has 1 aliphatic rings. The zero-order valence-corrected chi connectivity index (χ0v) is 4.97. The van der Waals surface area contributed by atoms with E-state index < -0.39 is 0 Å². The van der Waals surface area contributed by atoms with Crippen molar-refractivity contribution in [3.63, 3.8) is 0 Å². The van der Waals surface area contributed by atoms with E-state index in [1.54, 1.807) is 0 Å². The molecule has 0 aromatic carbocycles. The lowest BCUT2D eigenvalue weighted by Crippen LogP contribution is -1.87. The predicted molar refractivity (Wildman–Crippen MR) is 30.4 cm³/mol. The molecule has 0 unspecified atom stereocenters. The number of hydrogen-bond donors (Lipinski definition) is 1. The summed E-state index contributed by atoms with van der Waals surface area (Å²) in [5, 5.41) is 8.62. The first kappa shape index (κ1) is 5.79. The topological polar surface area (TPSA) is 38.7 Å². The van der Waals surface area contributed by atoms with Crippen LogP contribution >= 0.6 is 0 Å². The first-order valence-electron chi connectivity index (χ1n) is 2.35. The van der Waals surface area contributed by atoms with Gasteiger partial charge in [-0.3, -0.25) is 0 Å². The van der Waals surface area contributed by atoms with Crippen molar-refractivity contribution in [1.82, 2.24) is 0 Å². The highest BCUT2D eigenvalue weighted by molar-refractivity contribution is 5.22. The maximum Gasteiger partial charge on any atom is 0.334 e. The molecule has 1 aliphatic heterocycles. The average molecular weight is 126 g/mol. The van der Waals surface area contributed by atoms with Gasteiger partial charge in [0.1, 0.15) is 0 Å². The van der Waals surface area contributed by atoms with Gasteiger partial charge in [0.15, 0.2) is 5.76 Å². The third kappa shape index (κ3) is 0.902. The molecule has 0 aromatic heterocycles. The van der Waals surface area contributed by atoms with Crippen LogP contribution in [0.4, 0.5) is 0 Å². The molecule has 1 N–H and O–H groups in total. The molecule has 0 fully saturated rings. The molecule has 0 radical (unpaired) electrons. The van der Waals surface area contributed by atoms with E-state index >= 15 is 0 Å². The molecule has 3 nitrogen and oxygen atoms in total. The van der Waals surface area contributed by atoms with Gasteiger partial charge in [0.05, 0.1) is 7.11 Å². The summed E-state index contributed by atoms with van der Waals surface area (Å²) in [5.41, 5.74) is 2.40. The molecule has 1 heterocycles. The number of aliphatic hydroxyl groups excluding tert-OH is 1. The van der Waals surface area contributed by atoms with E-state index in [2.05, 4.69) is 17.0 Å². The monoisotopic (exact) mass is 126 g/mol. The standard InChI is InChI=1S/C6H6O3/c1-4-5(8-2)3-6(7)9-4/h7H,1H2,2H3. The van der Waals surface area contributed by atoms with Crippen LogP contribution in [0.2, 0.25) is 0 Å². The third-order valence-corrected chi connectivity index (χ3v) is 0.898. The minimum Gasteiger partial charge on any atom is -0.486 e. The van der Waals surface area contributed by atoms with Crippen LogP contribution in [0, 0.1) is 0 Å². The van der Waals surface area contributed by atoms with Crippen LogP contribution in [0.5, 0.6) is 0 Å². The number of ether oxygens (including phenoxy) is 2. The van der Waals surface area contributed by atoms with Crippen molar-refractivity contribution >= 4 is 0 Å². The van der Waals surface area contributed by atoms with Crippen molar-refractivity contribution < 1.29 is 14.6 Å². The Morgan fingerprint density at radius 3 is 2.67 bits per heavy atom. The fraction of sp³-hybridized carbons (Fsp3) is 0.167. The Balaban J connectivity index is 2.88. The average Bonchev–Trinajstić information content (AvgIpc) is 2.10. The van der Waals surface area contributed by atoms with E-state index in [0.717, 1.165) is 0 Å². The van der Waals surface area contributed by atoms with Gasteiger partial charge in [0.2, 0.25) is 5.76 Å². The molecule has 0 bridgehead atoms. The number of methoxy groups -OCH3 is 1. The fourth-order valence-electron chi connectivity index (χ4n) is 0.520. The van der Waals surface area contributed by atoms with E-state index in [9.17, 15) is 0 Å². The van der Waals surface area contributed by atoms with Gasteiger partial charge in [-0.1, -0.05) is 6.58 Å². The van der Waals surface area contributed by atoms with Crippen LogP contribution in [0.3, 0.4) is 0 Å². The Morgan fingerprint density at radius 1 is 1.78 bits per heavy atom. The minimum atomic E-state index is -0.295. The van der Waals surface area contributed by atoms with Crippen LogP contribution < -0.4 is 0 Å². The Hall–Kier alpha value is -1.34. The van der Waals surface area contributed by atoms with Crippen molar-refractivity contribution in [2.24, 2.45) is 0 Å². The maximum absolute atomic E-state index is 8.62. The van der Waals surface area contributed by atoms with Crippen LogP contribution in [0.15, 0.2) is 29.8 Å². The third-order valence-electron chi connectivity index (χ3n) is 0.898. The molecule has 0 aliphatic carbocycles. The molecule has 0 aromatic rings. The number of aliphatic hydroxyl groups is 1. The first-order valence-corrected chi connectivity index (χ1v) is 2.35. The summed E-state index contributed by atoms with van der Waals surface area (Å²) in [5.74, 6) is 0.333. The van der Waals surface area contributed by atoms with Gasteiger partial charge < -0.3 is 14.6 Å². The fourth-order valence-corrected chi connectivity index (χ4v) is 0.520. The summed E-state index contributed by atoms with van der Waals surface area (Å²) in [7, 11) is 1.45. The molecule has 0 saturated carbocycles. The van der Waals surface area contributed by atoms with E-state index in [0.29, 0.717) is 5.76 Å². The van der Waals surface area contributed by atoms with Gasteiger partial charge in [0, 0.05) is 5.73 Å². The van der Waals surface area contributed by atoms with Crippen LogP contribution in [-0.2, 0) is 9.47 Å². The summed E-state index contributed by atoms with van der Waals surface area (Å²) in [6.45, 7) is 3.43. The summed E-state index contributed by atoms with van der Waals surface area (Å²) in [6.07, 6.45) is 0. The highest BCUT2D eigenvalue weighted by Crippen LogP contribution is 2.17. The molecule has 1 rings (SSSR count). The Morgan fingerprint density at radius 2 is 2.44 bits per heavy atom. The van der Waals surface area contributed by atoms with Gasteiger partial charge in [-0.2, -0.15) is 0 Å². The highest BCUT2D eigenvalue weighted by Gasteiger charge is 2.12. The predicted octanol–water partition coefficient (Wildman–Crippen LogP) is 1.06. The van der Waals surface area contributed by atoms with E-state index in [1.165, 1.54) is 7.11 Å². The maximum atomic E-state index is 8.62. The summed E-state index contributed by atoms with van der Waals surface area (Å²) < 4.78 is 9.26. The van der Waals surface area contributed by atoms with Gasteiger partial charge in [-0.25, -0.2) is 0 Å². The molecular formula is C6H6O3. The largest absolute Gasteiger partial charge is 0.486 e. The van der Waals surface area contributed by atoms with Gasteiger partial charge in [-0.15, -0.1) is 0 Å².